The highest BCUT2D eigenvalue weighted by Crippen LogP contribution is 2.37. The molecule has 10 heteroatoms. The highest BCUT2D eigenvalue weighted by molar-refractivity contribution is 9.10. The van der Waals surface area contributed by atoms with Crippen LogP contribution in [0, 0.1) is 0 Å². The molecule has 0 aliphatic carbocycles. The van der Waals surface area contributed by atoms with Gasteiger partial charge in [-0.25, -0.2) is 4.68 Å². The Bertz CT molecular complexity index is 988. The minimum atomic E-state index is 0.412. The normalized spacial score (nSPS) is 11.0. The van der Waals surface area contributed by atoms with Crippen molar-refractivity contribution < 1.29 is 9.47 Å². The maximum absolute atomic E-state index is 6.07. The molecular formula is C21H25BrClN5O2S. The van der Waals surface area contributed by atoms with Gasteiger partial charge in [0.2, 0.25) is 5.16 Å². The number of aromatic nitrogens is 4. The second-order valence-corrected chi connectivity index (χ2v) is 9.07. The molecule has 2 aromatic carbocycles. The van der Waals surface area contributed by atoms with Crippen molar-refractivity contribution in [2.75, 3.05) is 18.9 Å². The lowest BCUT2D eigenvalue weighted by Crippen LogP contribution is -2.15. The zero-order valence-corrected chi connectivity index (χ0v) is 20.6. The van der Waals surface area contributed by atoms with Gasteiger partial charge in [0.25, 0.3) is 0 Å². The summed E-state index contributed by atoms with van der Waals surface area (Å²) in [6.07, 6.45) is 1.01. The molecule has 0 bridgehead atoms. The van der Waals surface area contributed by atoms with E-state index in [0.29, 0.717) is 24.0 Å². The number of tetrazole rings is 1. The molecule has 1 N–H and O–H groups in total. The van der Waals surface area contributed by atoms with Crippen LogP contribution in [0.4, 0.5) is 0 Å². The summed E-state index contributed by atoms with van der Waals surface area (Å²) in [4.78, 5) is 0. The number of aryl methyl sites for hydroxylation is 1. The van der Waals surface area contributed by atoms with Crippen LogP contribution in [-0.2, 0) is 20.2 Å². The number of nitrogens with one attached hydrogen (secondary N) is 1. The number of nitrogens with zero attached hydrogens (tertiary/aromatic N) is 4. The van der Waals surface area contributed by atoms with E-state index in [9.17, 15) is 0 Å². The fourth-order valence-corrected chi connectivity index (χ4v) is 4.45. The number of thioether (sulfide) groups is 1. The molecular weight excluding hydrogens is 502 g/mol. The standard InChI is InChI=1S/C21H25BrClN5O2S/c1-3-29-19-12-16(13-24-8-5-9-31-21-25-26-27-28(21)2)11-18(22)20(19)30-14-15-6-4-7-17(23)10-15/h4,6-7,10-12,24H,3,5,8-9,13-14H2,1-2H3. The Morgan fingerprint density at radius 2 is 2.06 bits per heavy atom. The fourth-order valence-electron chi connectivity index (χ4n) is 2.85. The molecule has 1 heterocycles. The minimum Gasteiger partial charge on any atom is -0.490 e. The van der Waals surface area contributed by atoms with Crippen LogP contribution >= 0.6 is 39.3 Å². The Kier molecular flexibility index (Phi) is 9.45. The van der Waals surface area contributed by atoms with Gasteiger partial charge in [0.1, 0.15) is 6.61 Å². The van der Waals surface area contributed by atoms with Crippen LogP contribution in [-0.4, -0.2) is 39.1 Å². The highest BCUT2D eigenvalue weighted by atomic mass is 79.9. The molecule has 0 fully saturated rings. The Morgan fingerprint density at radius 3 is 2.81 bits per heavy atom. The van der Waals surface area contributed by atoms with Crippen LogP contribution in [0.15, 0.2) is 46.0 Å². The Hall–Kier alpha value is -1.81. The second-order valence-electron chi connectivity index (χ2n) is 6.72. The van der Waals surface area contributed by atoms with Gasteiger partial charge in [-0.3, -0.25) is 0 Å². The van der Waals surface area contributed by atoms with E-state index in [0.717, 1.165) is 51.8 Å². The van der Waals surface area contributed by atoms with E-state index in [4.69, 9.17) is 21.1 Å². The molecule has 0 aliphatic rings. The average molecular weight is 527 g/mol. The summed E-state index contributed by atoms with van der Waals surface area (Å²) < 4.78 is 14.4. The van der Waals surface area contributed by atoms with E-state index in [1.165, 1.54) is 0 Å². The Balaban J connectivity index is 1.52. The van der Waals surface area contributed by atoms with Gasteiger partial charge in [0.15, 0.2) is 11.5 Å². The quantitative estimate of drug-likeness (QED) is 0.266. The largest absolute Gasteiger partial charge is 0.490 e. The first kappa shape index (κ1) is 23.8. The first-order chi connectivity index (χ1) is 15.1. The number of hydrogen-bond acceptors (Lipinski definition) is 7. The van der Waals surface area contributed by atoms with Crippen molar-refractivity contribution in [2.45, 2.75) is 31.7 Å². The minimum absolute atomic E-state index is 0.412. The predicted octanol–water partition coefficient (Wildman–Crippen LogP) is 4.88. The lowest BCUT2D eigenvalue weighted by Gasteiger charge is -2.16. The molecule has 166 valence electrons. The molecule has 1 aromatic heterocycles. The zero-order chi connectivity index (χ0) is 22.1. The summed E-state index contributed by atoms with van der Waals surface area (Å²) in [5.74, 6) is 2.37. The molecule has 3 rings (SSSR count). The molecule has 0 spiro atoms. The van der Waals surface area contributed by atoms with Gasteiger partial charge >= 0.3 is 0 Å². The molecule has 0 amide bonds. The maximum atomic E-state index is 6.07. The predicted molar refractivity (Wildman–Crippen MR) is 127 cm³/mol. The second kappa shape index (κ2) is 12.3. The summed E-state index contributed by atoms with van der Waals surface area (Å²) >= 11 is 11.4. The number of hydrogen-bond donors (Lipinski definition) is 1. The molecule has 7 nitrogen and oxygen atoms in total. The lowest BCUT2D eigenvalue weighted by atomic mass is 10.2. The molecule has 0 saturated carbocycles. The van der Waals surface area contributed by atoms with Crippen LogP contribution in [0.2, 0.25) is 5.02 Å². The van der Waals surface area contributed by atoms with Gasteiger partial charge in [0.05, 0.1) is 11.1 Å². The third kappa shape index (κ3) is 7.38. The van der Waals surface area contributed by atoms with Crippen LogP contribution in [0.3, 0.4) is 0 Å². The summed E-state index contributed by atoms with van der Waals surface area (Å²) in [6.45, 7) is 4.57. The van der Waals surface area contributed by atoms with Gasteiger partial charge in [-0.1, -0.05) is 35.5 Å². The van der Waals surface area contributed by atoms with Crippen molar-refractivity contribution in [2.24, 2.45) is 7.05 Å². The van der Waals surface area contributed by atoms with Crippen molar-refractivity contribution in [3.8, 4) is 11.5 Å². The number of benzene rings is 2. The number of ether oxygens (including phenoxy) is 2. The van der Waals surface area contributed by atoms with Gasteiger partial charge in [-0.15, -0.1) is 5.10 Å². The van der Waals surface area contributed by atoms with Gasteiger partial charge in [-0.2, -0.15) is 0 Å². The van der Waals surface area contributed by atoms with Crippen LogP contribution < -0.4 is 14.8 Å². The number of halogens is 2. The molecule has 3 aromatic rings. The van der Waals surface area contributed by atoms with Crippen molar-refractivity contribution in [1.82, 2.24) is 25.5 Å². The van der Waals surface area contributed by atoms with Gasteiger partial charge in [-0.05, 0) is 81.6 Å². The summed E-state index contributed by atoms with van der Waals surface area (Å²) in [5, 5.41) is 16.4. The van der Waals surface area contributed by atoms with Crippen LogP contribution in [0.1, 0.15) is 24.5 Å². The summed E-state index contributed by atoms with van der Waals surface area (Å²) in [5.41, 5.74) is 2.12. The van der Waals surface area contributed by atoms with E-state index >= 15 is 0 Å². The van der Waals surface area contributed by atoms with Crippen molar-refractivity contribution in [3.05, 3.63) is 57.0 Å². The van der Waals surface area contributed by atoms with Crippen molar-refractivity contribution in [1.29, 1.82) is 0 Å². The Labute approximate surface area is 200 Å². The smallest absolute Gasteiger partial charge is 0.209 e. The number of rotatable bonds is 12. The van der Waals surface area contributed by atoms with E-state index in [1.54, 1.807) is 16.4 Å². The molecule has 0 radical (unpaired) electrons. The molecule has 0 unspecified atom stereocenters. The first-order valence-corrected chi connectivity index (χ1v) is 12.1. The fraction of sp³-hybridized carbons (Fsp3) is 0.381. The SMILES string of the molecule is CCOc1cc(CNCCCSc2nnnn2C)cc(Br)c1OCc1cccc(Cl)c1. The van der Waals surface area contributed by atoms with Gasteiger partial charge < -0.3 is 14.8 Å². The lowest BCUT2D eigenvalue weighted by molar-refractivity contribution is 0.267. The van der Waals surface area contributed by atoms with Crippen LogP contribution in [0.25, 0.3) is 0 Å². The Morgan fingerprint density at radius 1 is 1.19 bits per heavy atom. The van der Waals surface area contributed by atoms with E-state index in [2.05, 4.69) is 42.8 Å². The zero-order valence-electron chi connectivity index (χ0n) is 17.5. The van der Waals surface area contributed by atoms with Crippen molar-refractivity contribution in [3.63, 3.8) is 0 Å². The summed E-state index contributed by atoms with van der Waals surface area (Å²) in [6, 6.07) is 11.7. The maximum Gasteiger partial charge on any atom is 0.209 e. The topological polar surface area (TPSA) is 74.1 Å². The monoisotopic (exact) mass is 525 g/mol. The van der Waals surface area contributed by atoms with Crippen LogP contribution in [0.5, 0.6) is 11.5 Å². The van der Waals surface area contributed by atoms with Crippen molar-refractivity contribution >= 4 is 39.3 Å². The summed E-state index contributed by atoms with van der Waals surface area (Å²) in [7, 11) is 1.84. The van der Waals surface area contributed by atoms with E-state index < -0.39 is 0 Å². The molecule has 0 aliphatic heterocycles. The first-order valence-electron chi connectivity index (χ1n) is 9.95. The average Bonchev–Trinajstić information content (AvgIpc) is 3.15. The molecule has 31 heavy (non-hydrogen) atoms. The third-order valence-corrected chi connectivity index (χ3v) is 6.20. The third-order valence-electron chi connectivity index (χ3n) is 4.28. The van der Waals surface area contributed by atoms with E-state index in [-0.39, 0.29) is 0 Å². The van der Waals surface area contributed by atoms with Gasteiger partial charge in [0, 0.05) is 24.4 Å². The highest BCUT2D eigenvalue weighted by Gasteiger charge is 2.13. The molecule has 0 atom stereocenters. The van der Waals surface area contributed by atoms with E-state index in [1.807, 2.05) is 44.3 Å². The molecule has 0 saturated heterocycles.